The summed E-state index contributed by atoms with van der Waals surface area (Å²) >= 11 is 0. The fourth-order valence-electron chi connectivity index (χ4n) is 3.65. The van der Waals surface area contributed by atoms with Crippen LogP contribution in [0.15, 0.2) is 35.2 Å². The van der Waals surface area contributed by atoms with Crippen molar-refractivity contribution >= 4 is 39.7 Å². The molecule has 0 aromatic heterocycles. The van der Waals surface area contributed by atoms with Gasteiger partial charge in [-0.25, -0.2) is 0 Å². The van der Waals surface area contributed by atoms with Crippen LogP contribution < -0.4 is 0 Å². The van der Waals surface area contributed by atoms with Crippen molar-refractivity contribution in [3.05, 3.63) is 30.3 Å². The summed E-state index contributed by atoms with van der Waals surface area (Å²) in [6.45, 7) is 2.56. The summed E-state index contributed by atoms with van der Waals surface area (Å²) in [5, 5.41) is 0. The van der Waals surface area contributed by atoms with Gasteiger partial charge in [0, 0.05) is 0 Å². The van der Waals surface area contributed by atoms with Crippen LogP contribution >= 0.6 is 0 Å². The van der Waals surface area contributed by atoms with Crippen molar-refractivity contribution in [1.29, 1.82) is 0 Å². The monoisotopic (exact) mass is 448 g/mol. The van der Waals surface area contributed by atoms with E-state index >= 15 is 0 Å². The van der Waals surface area contributed by atoms with E-state index in [1.165, 1.54) is 96.3 Å². The van der Waals surface area contributed by atoms with Gasteiger partial charge in [0.25, 0.3) is 10.1 Å². The van der Waals surface area contributed by atoms with Crippen molar-refractivity contribution in [3.8, 4) is 0 Å². The molecule has 1 rings (SSSR count). The van der Waals surface area contributed by atoms with Crippen molar-refractivity contribution in [2.24, 2.45) is 0 Å². The number of rotatable bonds is 20. The Kier molecular flexibility index (Phi) is 21.1. The third kappa shape index (κ3) is 16.8. The van der Waals surface area contributed by atoms with E-state index in [1.807, 2.05) is 0 Å². The van der Waals surface area contributed by atoms with E-state index in [0.717, 1.165) is 12.8 Å². The summed E-state index contributed by atoms with van der Waals surface area (Å²) in [7, 11) is -3.58. The Morgan fingerprint density at radius 2 is 0.967 bits per heavy atom. The Labute approximate surface area is 209 Å². The SMILES string of the molecule is CCCCCCCCCCCCCCCCCCCOS(=O)(=O)c1ccccc1.[NaH]. The first kappa shape index (κ1) is 30.1. The molecular formula is C25H45NaO3S. The molecule has 1 aromatic rings. The molecule has 0 saturated heterocycles. The van der Waals surface area contributed by atoms with Crippen LogP contribution in [0.1, 0.15) is 116 Å². The van der Waals surface area contributed by atoms with Crippen molar-refractivity contribution < 1.29 is 12.6 Å². The van der Waals surface area contributed by atoms with Crippen LogP contribution in [-0.2, 0) is 14.3 Å². The molecule has 3 nitrogen and oxygen atoms in total. The van der Waals surface area contributed by atoms with E-state index in [0.29, 0.717) is 0 Å². The van der Waals surface area contributed by atoms with E-state index in [4.69, 9.17) is 4.18 Å². The number of hydrogen-bond acceptors (Lipinski definition) is 3. The fraction of sp³-hybridized carbons (Fsp3) is 0.760. The topological polar surface area (TPSA) is 43.4 Å². The average molecular weight is 449 g/mol. The van der Waals surface area contributed by atoms with Crippen molar-refractivity contribution in [1.82, 2.24) is 0 Å². The molecule has 0 fully saturated rings. The Bertz CT molecular complexity index is 575. The summed E-state index contributed by atoms with van der Waals surface area (Å²) in [5.41, 5.74) is 0. The second-order valence-electron chi connectivity index (χ2n) is 8.25. The number of benzene rings is 1. The molecule has 0 atom stereocenters. The van der Waals surface area contributed by atoms with Gasteiger partial charge in [-0.3, -0.25) is 4.18 Å². The van der Waals surface area contributed by atoms with Gasteiger partial charge < -0.3 is 0 Å². The molecule has 0 N–H and O–H groups in total. The van der Waals surface area contributed by atoms with Gasteiger partial charge in [0.15, 0.2) is 0 Å². The molecule has 30 heavy (non-hydrogen) atoms. The molecule has 0 aliphatic heterocycles. The quantitative estimate of drug-likeness (QED) is 0.119. The molecule has 0 aliphatic rings. The first-order chi connectivity index (χ1) is 14.2. The van der Waals surface area contributed by atoms with E-state index in [1.54, 1.807) is 30.3 Å². The summed E-state index contributed by atoms with van der Waals surface area (Å²) in [4.78, 5) is 0.243. The van der Waals surface area contributed by atoms with E-state index in [-0.39, 0.29) is 41.1 Å². The van der Waals surface area contributed by atoms with Crippen LogP contribution in [0.25, 0.3) is 0 Å². The second-order valence-corrected chi connectivity index (χ2v) is 9.86. The van der Waals surface area contributed by atoms with Gasteiger partial charge in [-0.05, 0) is 18.6 Å². The standard InChI is InChI=1S/C25H44O3S.Na.H/c1-2-3-4-5-6-7-8-9-10-11-12-13-14-15-16-17-21-24-28-29(26,27)25-22-19-18-20-23-25;;/h18-20,22-23H,2-17,21,24H2,1H3;;. The van der Waals surface area contributed by atoms with Crippen LogP contribution in [0.4, 0.5) is 0 Å². The number of hydrogen-bond donors (Lipinski definition) is 0. The Hall–Kier alpha value is 0.130. The molecule has 1 aromatic carbocycles. The van der Waals surface area contributed by atoms with Gasteiger partial charge in [-0.15, -0.1) is 0 Å². The third-order valence-corrected chi connectivity index (χ3v) is 6.84. The van der Waals surface area contributed by atoms with Crippen molar-refractivity contribution in [2.45, 2.75) is 121 Å². The molecule has 0 bridgehead atoms. The van der Waals surface area contributed by atoms with E-state index in [2.05, 4.69) is 6.92 Å². The Balaban J connectivity index is 0.00000841. The maximum absolute atomic E-state index is 12.0. The van der Waals surface area contributed by atoms with Crippen LogP contribution in [0, 0.1) is 0 Å². The van der Waals surface area contributed by atoms with Gasteiger partial charge in [0.05, 0.1) is 11.5 Å². The molecule has 0 radical (unpaired) electrons. The summed E-state index contributed by atoms with van der Waals surface area (Å²) < 4.78 is 29.1. The predicted molar refractivity (Wildman–Crippen MR) is 131 cm³/mol. The zero-order chi connectivity index (χ0) is 21.0. The summed E-state index contributed by atoms with van der Waals surface area (Å²) in [5.74, 6) is 0. The molecular weight excluding hydrogens is 403 g/mol. The summed E-state index contributed by atoms with van der Waals surface area (Å²) in [6.07, 6.45) is 22.4. The van der Waals surface area contributed by atoms with Gasteiger partial charge in [-0.1, -0.05) is 128 Å². The minimum atomic E-state index is -3.58. The van der Waals surface area contributed by atoms with Gasteiger partial charge in [0.1, 0.15) is 0 Å². The summed E-state index contributed by atoms with van der Waals surface area (Å²) in [6, 6.07) is 8.38. The molecule has 5 heteroatoms. The zero-order valence-electron chi connectivity index (χ0n) is 18.7. The molecule has 0 spiro atoms. The first-order valence-electron chi connectivity index (χ1n) is 12.1. The normalized spacial score (nSPS) is 11.4. The fourth-order valence-corrected chi connectivity index (χ4v) is 4.61. The van der Waals surface area contributed by atoms with Crippen LogP contribution in [-0.4, -0.2) is 44.6 Å². The van der Waals surface area contributed by atoms with Gasteiger partial charge >= 0.3 is 29.6 Å². The van der Waals surface area contributed by atoms with Gasteiger partial charge in [0.2, 0.25) is 0 Å². The predicted octanol–water partition coefficient (Wildman–Crippen LogP) is 7.40. The molecule has 170 valence electrons. The van der Waals surface area contributed by atoms with Crippen LogP contribution in [0.5, 0.6) is 0 Å². The van der Waals surface area contributed by atoms with Crippen LogP contribution in [0.3, 0.4) is 0 Å². The molecule has 0 aliphatic carbocycles. The number of unbranched alkanes of at least 4 members (excludes halogenated alkanes) is 16. The molecule has 0 heterocycles. The Morgan fingerprint density at radius 3 is 1.37 bits per heavy atom. The van der Waals surface area contributed by atoms with Crippen molar-refractivity contribution in [2.75, 3.05) is 6.61 Å². The van der Waals surface area contributed by atoms with Gasteiger partial charge in [-0.2, -0.15) is 8.42 Å². The zero-order valence-corrected chi connectivity index (χ0v) is 19.6. The Morgan fingerprint density at radius 1 is 0.600 bits per heavy atom. The van der Waals surface area contributed by atoms with E-state index in [9.17, 15) is 8.42 Å². The third-order valence-electron chi connectivity index (χ3n) is 5.52. The van der Waals surface area contributed by atoms with Crippen LogP contribution in [0.2, 0.25) is 0 Å². The minimum absolute atomic E-state index is 0. The second kappa shape index (κ2) is 21.0. The maximum atomic E-state index is 12.0. The van der Waals surface area contributed by atoms with E-state index < -0.39 is 10.1 Å². The first-order valence-corrected chi connectivity index (χ1v) is 13.5. The molecule has 0 unspecified atom stereocenters. The molecule has 0 saturated carbocycles. The molecule has 0 amide bonds. The van der Waals surface area contributed by atoms with Crippen molar-refractivity contribution in [3.63, 3.8) is 0 Å². The average Bonchev–Trinajstić information content (AvgIpc) is 2.73.